The summed E-state index contributed by atoms with van der Waals surface area (Å²) in [5, 5.41) is 18.0. The van der Waals surface area contributed by atoms with Gasteiger partial charge in [-0.3, -0.25) is 0 Å². The molecule has 0 unspecified atom stereocenters. The average molecular weight is 152 g/mol. The van der Waals surface area contributed by atoms with Crippen LogP contribution >= 0.6 is 0 Å². The SMILES string of the molecule is ON=NO.[H-].[H-].[Sr+2]. The van der Waals surface area contributed by atoms with Crippen molar-refractivity contribution in [3.05, 3.63) is 0 Å². The molecule has 0 radical (unpaired) electrons. The Bertz CT molecular complexity index is 28.9. The van der Waals surface area contributed by atoms with E-state index in [0.29, 0.717) is 0 Å². The van der Waals surface area contributed by atoms with E-state index in [9.17, 15) is 0 Å². The maximum atomic E-state index is 7.08. The van der Waals surface area contributed by atoms with Gasteiger partial charge in [-0.25, -0.2) is 0 Å². The van der Waals surface area contributed by atoms with Gasteiger partial charge in [0.05, 0.1) is 10.6 Å². The van der Waals surface area contributed by atoms with Gasteiger partial charge in [0.25, 0.3) is 0 Å². The van der Waals surface area contributed by atoms with Crippen molar-refractivity contribution in [2.45, 2.75) is 0 Å². The molecule has 0 fully saturated rings. The van der Waals surface area contributed by atoms with Crippen LogP contribution in [0.2, 0.25) is 0 Å². The molecule has 0 atom stereocenters. The molecular formula is H4N2O2Sr. The quantitative estimate of drug-likeness (QED) is 0.292. The van der Waals surface area contributed by atoms with E-state index in [0.717, 1.165) is 0 Å². The van der Waals surface area contributed by atoms with Crippen LogP contribution in [0.5, 0.6) is 0 Å². The average Bonchev–Trinajstić information content (AvgIpc) is 1.37. The molecule has 0 spiro atoms. The summed E-state index contributed by atoms with van der Waals surface area (Å²) in [5.41, 5.74) is 0. The summed E-state index contributed by atoms with van der Waals surface area (Å²) >= 11 is 0. The molecule has 0 aliphatic heterocycles. The standard InChI is InChI=1S/H2N2O2.Sr.2H/c3-1-2-4;;;/h(H,1,4)(H,2,3);;;/q;+2;2*-1. The zero-order chi connectivity index (χ0) is 3.41. The van der Waals surface area contributed by atoms with Crippen LogP contribution in [0.4, 0.5) is 0 Å². The van der Waals surface area contributed by atoms with Crippen molar-refractivity contribution in [3.8, 4) is 0 Å². The summed E-state index contributed by atoms with van der Waals surface area (Å²) in [6, 6.07) is 0. The van der Waals surface area contributed by atoms with Gasteiger partial charge < -0.3 is 13.3 Å². The molecule has 0 aliphatic carbocycles. The molecule has 28 valence electrons. The predicted molar refractivity (Wildman–Crippen MR) is 16.4 cm³/mol. The van der Waals surface area contributed by atoms with Crippen LogP contribution in [0.1, 0.15) is 2.85 Å². The summed E-state index contributed by atoms with van der Waals surface area (Å²) in [4.78, 5) is 0. The second-order valence-electron chi connectivity index (χ2n) is 0.179. The third-order valence-electron chi connectivity index (χ3n) is 0.0400. The van der Waals surface area contributed by atoms with Crippen LogP contribution < -0.4 is 0 Å². The van der Waals surface area contributed by atoms with E-state index in [1.54, 1.807) is 0 Å². The van der Waals surface area contributed by atoms with Crippen LogP contribution in [0.3, 0.4) is 0 Å². The van der Waals surface area contributed by atoms with Gasteiger partial charge in [0, 0.05) is 0 Å². The third kappa shape index (κ3) is 11.9. The first kappa shape index (κ1) is 9.19. The van der Waals surface area contributed by atoms with Crippen LogP contribution in [-0.4, -0.2) is 55.9 Å². The van der Waals surface area contributed by atoms with E-state index >= 15 is 0 Å². The normalized spacial score (nSPS) is 7.20. The fraction of sp³-hybridized carbons (Fsp3) is 0. The van der Waals surface area contributed by atoms with Crippen molar-refractivity contribution >= 4 is 45.5 Å². The fourth-order valence-corrected chi connectivity index (χ4v) is 0. The molecule has 5 heavy (non-hydrogen) atoms. The molecule has 0 heterocycles. The van der Waals surface area contributed by atoms with Gasteiger partial charge in [0.15, 0.2) is 0 Å². The minimum absolute atomic E-state index is 0. The molecule has 2 N–H and O–H groups in total. The second-order valence-corrected chi connectivity index (χ2v) is 0.179. The minimum Gasteiger partial charge on any atom is -1.00 e. The van der Waals surface area contributed by atoms with Gasteiger partial charge in [-0.2, -0.15) is 0 Å². The van der Waals surface area contributed by atoms with E-state index in [1.807, 2.05) is 10.6 Å². The molecule has 0 amide bonds. The van der Waals surface area contributed by atoms with Gasteiger partial charge in [-0.1, -0.05) is 0 Å². The first-order valence-electron chi connectivity index (χ1n) is 0.600. The smallest absolute Gasteiger partial charge is 1.00 e. The predicted octanol–water partition coefficient (Wildman–Crippen LogP) is 0.0612. The van der Waals surface area contributed by atoms with Gasteiger partial charge in [0.1, 0.15) is 0 Å². The Balaban J connectivity index is -0.0000000150. The van der Waals surface area contributed by atoms with Crippen molar-refractivity contribution < 1.29 is 13.3 Å². The summed E-state index contributed by atoms with van der Waals surface area (Å²) in [6.07, 6.45) is 0. The maximum Gasteiger partial charge on any atom is 2.00 e. The second kappa shape index (κ2) is 8.82. The van der Waals surface area contributed by atoms with Crippen LogP contribution in [0, 0.1) is 0 Å². The third-order valence-corrected chi connectivity index (χ3v) is 0.0400. The Hall–Kier alpha value is 0.681. The van der Waals surface area contributed by atoms with E-state index in [-0.39, 0.29) is 48.3 Å². The number of hydrogen-bond acceptors (Lipinski definition) is 2. The van der Waals surface area contributed by atoms with Crippen molar-refractivity contribution in [2.75, 3.05) is 0 Å². The first-order valence-corrected chi connectivity index (χ1v) is 0.600. The van der Waals surface area contributed by atoms with Gasteiger partial charge in [-0.05, 0) is 0 Å². The zero-order valence-electron chi connectivity index (χ0n) is 4.50. The Labute approximate surface area is 68.7 Å². The minimum atomic E-state index is 0. The molecule has 4 nitrogen and oxygen atoms in total. The van der Waals surface area contributed by atoms with E-state index in [1.165, 1.54) is 0 Å². The maximum absolute atomic E-state index is 7.08. The molecule has 0 saturated carbocycles. The molecule has 0 aromatic heterocycles. The van der Waals surface area contributed by atoms with E-state index in [2.05, 4.69) is 0 Å². The summed E-state index contributed by atoms with van der Waals surface area (Å²) in [5.74, 6) is 0. The van der Waals surface area contributed by atoms with Crippen molar-refractivity contribution in [1.29, 1.82) is 0 Å². The van der Waals surface area contributed by atoms with Crippen molar-refractivity contribution in [2.24, 2.45) is 10.6 Å². The van der Waals surface area contributed by atoms with Gasteiger partial charge >= 0.3 is 45.5 Å². The van der Waals surface area contributed by atoms with Gasteiger partial charge in [-0.15, -0.1) is 0 Å². The summed E-state index contributed by atoms with van der Waals surface area (Å²) in [6.45, 7) is 0. The molecule has 0 rings (SSSR count). The van der Waals surface area contributed by atoms with Gasteiger partial charge in [0.2, 0.25) is 0 Å². The molecule has 0 aliphatic rings. The van der Waals surface area contributed by atoms with Crippen LogP contribution in [0.25, 0.3) is 0 Å². The molecule has 0 saturated heterocycles. The van der Waals surface area contributed by atoms with E-state index in [4.69, 9.17) is 10.4 Å². The molecule has 0 aromatic rings. The Morgan fingerprint density at radius 2 is 1.40 bits per heavy atom. The molecular weight excluding hydrogens is 148 g/mol. The van der Waals surface area contributed by atoms with Crippen molar-refractivity contribution in [1.82, 2.24) is 0 Å². The molecule has 0 aromatic carbocycles. The molecule has 5 heteroatoms. The number of rotatable bonds is 0. The number of hydrogen-bond donors (Lipinski definition) is 2. The van der Waals surface area contributed by atoms with Crippen LogP contribution in [-0.2, 0) is 0 Å². The molecule has 0 bridgehead atoms. The van der Waals surface area contributed by atoms with Crippen LogP contribution in [0.15, 0.2) is 10.6 Å². The summed E-state index contributed by atoms with van der Waals surface area (Å²) in [7, 11) is 0. The number of nitrogens with zero attached hydrogens (tertiary/aromatic N) is 2. The topological polar surface area (TPSA) is 65.2 Å². The first-order chi connectivity index (χ1) is 1.91. The Morgan fingerprint density at radius 1 is 1.20 bits per heavy atom. The summed E-state index contributed by atoms with van der Waals surface area (Å²) < 4.78 is 0. The van der Waals surface area contributed by atoms with E-state index < -0.39 is 0 Å². The Kier molecular flexibility index (Phi) is 16.2. The van der Waals surface area contributed by atoms with Crippen molar-refractivity contribution in [3.63, 3.8) is 0 Å². The fourth-order valence-electron chi connectivity index (χ4n) is 0. The zero-order valence-corrected chi connectivity index (χ0v) is 5.97. The largest absolute Gasteiger partial charge is 2.00 e. The monoisotopic (exact) mass is 152 g/mol. The Morgan fingerprint density at radius 3 is 1.40 bits per heavy atom.